The van der Waals surface area contributed by atoms with E-state index < -0.39 is 16.0 Å². The molecule has 0 bridgehead atoms. The molecular weight excluding hydrogens is 385 g/mol. The Morgan fingerprint density at radius 1 is 1.08 bits per heavy atom. The highest BCUT2D eigenvalue weighted by Gasteiger charge is 2.27. The van der Waals surface area contributed by atoms with E-state index in [9.17, 15) is 13.2 Å². The number of halogens is 2. The largest absolute Gasteiger partial charge is 0.481 e. The standard InChI is InChI=1S/C17H17Cl2NO4S/c1-11-3-6-16(12(2)9-11)20(8-7-17(21)22)25(23,24)13-4-5-14(18)15(19)10-13/h3-6,9-10H,7-8H2,1-2H3,(H,21,22). The molecule has 0 saturated heterocycles. The van der Waals surface area contributed by atoms with Gasteiger partial charge in [-0.15, -0.1) is 0 Å². The Hall–Kier alpha value is -1.76. The van der Waals surface area contributed by atoms with E-state index in [1.165, 1.54) is 18.2 Å². The van der Waals surface area contributed by atoms with Crippen LogP contribution in [-0.4, -0.2) is 26.0 Å². The number of aryl methyl sites for hydroxylation is 2. The van der Waals surface area contributed by atoms with Crippen molar-refractivity contribution in [2.45, 2.75) is 25.2 Å². The van der Waals surface area contributed by atoms with E-state index in [4.69, 9.17) is 28.3 Å². The molecule has 0 aliphatic carbocycles. The number of hydrogen-bond donors (Lipinski definition) is 1. The summed E-state index contributed by atoms with van der Waals surface area (Å²) in [4.78, 5) is 10.9. The number of sulfonamides is 1. The van der Waals surface area contributed by atoms with Crippen LogP contribution in [0.15, 0.2) is 41.3 Å². The number of rotatable bonds is 6. The first-order valence-electron chi connectivity index (χ1n) is 7.40. The van der Waals surface area contributed by atoms with Crippen LogP contribution in [0.4, 0.5) is 5.69 Å². The van der Waals surface area contributed by atoms with Gasteiger partial charge in [0.05, 0.1) is 27.0 Å². The number of anilines is 1. The Morgan fingerprint density at radius 3 is 2.32 bits per heavy atom. The van der Waals surface area contributed by atoms with Gasteiger partial charge in [0.15, 0.2) is 0 Å². The fourth-order valence-corrected chi connectivity index (χ4v) is 4.34. The zero-order chi connectivity index (χ0) is 18.8. The van der Waals surface area contributed by atoms with E-state index in [0.717, 1.165) is 15.4 Å². The van der Waals surface area contributed by atoms with Crippen LogP contribution in [0.5, 0.6) is 0 Å². The third-order valence-corrected chi connectivity index (χ3v) is 6.18. The van der Waals surface area contributed by atoms with Crippen LogP contribution in [0.3, 0.4) is 0 Å². The highest BCUT2D eigenvalue weighted by Crippen LogP contribution is 2.31. The summed E-state index contributed by atoms with van der Waals surface area (Å²) in [7, 11) is -4.00. The molecule has 1 N–H and O–H groups in total. The SMILES string of the molecule is Cc1ccc(N(CCC(=O)O)S(=O)(=O)c2ccc(Cl)c(Cl)c2)c(C)c1. The molecule has 0 aliphatic rings. The quantitative estimate of drug-likeness (QED) is 0.783. The molecule has 2 rings (SSSR count). The summed E-state index contributed by atoms with van der Waals surface area (Å²) in [5, 5.41) is 9.33. The minimum atomic E-state index is -4.00. The third kappa shape index (κ3) is 4.45. The summed E-state index contributed by atoms with van der Waals surface area (Å²) in [6.07, 6.45) is -0.326. The van der Waals surface area contributed by atoms with Gasteiger partial charge >= 0.3 is 5.97 Å². The van der Waals surface area contributed by atoms with Crippen molar-refractivity contribution in [3.8, 4) is 0 Å². The van der Waals surface area contributed by atoms with Gasteiger partial charge in [-0.2, -0.15) is 0 Å². The lowest BCUT2D eigenvalue weighted by Crippen LogP contribution is -2.33. The Kier molecular flexibility index (Phi) is 5.98. The molecule has 0 radical (unpaired) electrons. The van der Waals surface area contributed by atoms with Gasteiger partial charge in [-0.1, -0.05) is 40.9 Å². The van der Waals surface area contributed by atoms with Crippen molar-refractivity contribution in [1.82, 2.24) is 0 Å². The van der Waals surface area contributed by atoms with Gasteiger partial charge in [0.2, 0.25) is 0 Å². The minimum absolute atomic E-state index is 0.0488. The van der Waals surface area contributed by atoms with Crippen molar-refractivity contribution in [2.75, 3.05) is 10.8 Å². The first-order chi connectivity index (χ1) is 11.6. The predicted octanol–water partition coefficient (Wildman–Crippen LogP) is 4.28. The molecule has 25 heavy (non-hydrogen) atoms. The molecule has 2 aromatic rings. The number of carbonyl (C=O) groups is 1. The number of aliphatic carboxylic acids is 1. The molecular formula is C17H17Cl2NO4S. The fourth-order valence-electron chi connectivity index (χ4n) is 2.42. The van der Waals surface area contributed by atoms with Crippen LogP contribution in [-0.2, 0) is 14.8 Å². The first kappa shape index (κ1) is 19.6. The molecule has 0 unspecified atom stereocenters. The van der Waals surface area contributed by atoms with Crippen molar-refractivity contribution in [3.63, 3.8) is 0 Å². The molecule has 0 aliphatic heterocycles. The second-order valence-electron chi connectivity index (χ2n) is 5.59. The Morgan fingerprint density at radius 2 is 1.76 bits per heavy atom. The summed E-state index contributed by atoms with van der Waals surface area (Å²) < 4.78 is 27.2. The highest BCUT2D eigenvalue weighted by atomic mass is 35.5. The Bertz CT molecular complexity index is 913. The van der Waals surface area contributed by atoms with Crippen LogP contribution < -0.4 is 4.31 Å². The van der Waals surface area contributed by atoms with Crippen molar-refractivity contribution >= 4 is 44.9 Å². The van der Waals surface area contributed by atoms with Crippen molar-refractivity contribution < 1.29 is 18.3 Å². The van der Waals surface area contributed by atoms with Crippen LogP contribution in [0.25, 0.3) is 0 Å². The predicted molar refractivity (Wildman–Crippen MR) is 99.2 cm³/mol. The van der Waals surface area contributed by atoms with Gasteiger partial charge in [0, 0.05) is 6.54 Å². The minimum Gasteiger partial charge on any atom is -0.481 e. The van der Waals surface area contributed by atoms with Gasteiger partial charge in [-0.05, 0) is 43.7 Å². The van der Waals surface area contributed by atoms with Crippen LogP contribution in [0.1, 0.15) is 17.5 Å². The zero-order valence-corrected chi connectivity index (χ0v) is 16.0. The number of carboxylic acid groups (broad SMARTS) is 1. The monoisotopic (exact) mass is 401 g/mol. The number of benzene rings is 2. The molecule has 0 aromatic heterocycles. The lowest BCUT2D eigenvalue weighted by Gasteiger charge is -2.26. The second kappa shape index (κ2) is 7.64. The maximum atomic E-state index is 13.1. The highest BCUT2D eigenvalue weighted by molar-refractivity contribution is 7.92. The molecule has 0 fully saturated rings. The molecule has 0 heterocycles. The van der Waals surface area contributed by atoms with Crippen molar-refractivity contribution in [2.24, 2.45) is 0 Å². The van der Waals surface area contributed by atoms with Crippen LogP contribution in [0.2, 0.25) is 10.0 Å². The summed E-state index contributed by atoms with van der Waals surface area (Å²) in [5.74, 6) is -1.08. The second-order valence-corrected chi connectivity index (χ2v) is 8.26. The summed E-state index contributed by atoms with van der Waals surface area (Å²) >= 11 is 11.8. The number of hydrogen-bond acceptors (Lipinski definition) is 3. The lowest BCUT2D eigenvalue weighted by molar-refractivity contribution is -0.136. The van der Waals surface area contributed by atoms with E-state index in [2.05, 4.69) is 0 Å². The van der Waals surface area contributed by atoms with Gasteiger partial charge < -0.3 is 5.11 Å². The average molecular weight is 402 g/mol. The molecule has 2 aromatic carbocycles. The zero-order valence-electron chi connectivity index (χ0n) is 13.7. The molecule has 8 heteroatoms. The summed E-state index contributed by atoms with van der Waals surface area (Å²) in [6.45, 7) is 3.48. The van der Waals surface area contributed by atoms with Gasteiger partial charge in [0.1, 0.15) is 0 Å². The van der Waals surface area contributed by atoms with E-state index >= 15 is 0 Å². The lowest BCUT2D eigenvalue weighted by atomic mass is 10.1. The topological polar surface area (TPSA) is 74.7 Å². The first-order valence-corrected chi connectivity index (χ1v) is 9.59. The summed E-state index contributed by atoms with van der Waals surface area (Å²) in [6, 6.07) is 9.29. The normalized spacial score (nSPS) is 11.4. The van der Waals surface area contributed by atoms with Gasteiger partial charge in [-0.25, -0.2) is 8.42 Å². The summed E-state index contributed by atoms with van der Waals surface area (Å²) in [5.41, 5.74) is 2.14. The van der Waals surface area contributed by atoms with Crippen LogP contribution >= 0.6 is 23.2 Å². The number of nitrogens with zero attached hydrogens (tertiary/aromatic N) is 1. The van der Waals surface area contributed by atoms with Crippen molar-refractivity contribution in [3.05, 3.63) is 57.6 Å². The van der Waals surface area contributed by atoms with E-state index in [1.54, 1.807) is 19.1 Å². The van der Waals surface area contributed by atoms with Crippen LogP contribution in [0, 0.1) is 13.8 Å². The molecule has 0 amide bonds. The Balaban J connectivity index is 2.56. The smallest absolute Gasteiger partial charge is 0.305 e. The van der Waals surface area contributed by atoms with E-state index in [1.807, 2.05) is 13.0 Å². The molecule has 0 spiro atoms. The number of carboxylic acids is 1. The maximum Gasteiger partial charge on any atom is 0.305 e. The fraction of sp³-hybridized carbons (Fsp3) is 0.235. The van der Waals surface area contributed by atoms with E-state index in [-0.39, 0.29) is 27.9 Å². The Labute approximate surface area is 156 Å². The molecule has 0 saturated carbocycles. The molecule has 134 valence electrons. The van der Waals surface area contributed by atoms with Gasteiger partial charge in [-0.3, -0.25) is 9.10 Å². The van der Waals surface area contributed by atoms with Crippen molar-refractivity contribution in [1.29, 1.82) is 0 Å². The molecule has 5 nitrogen and oxygen atoms in total. The average Bonchev–Trinajstić information content (AvgIpc) is 2.51. The molecule has 0 atom stereocenters. The maximum absolute atomic E-state index is 13.1. The van der Waals surface area contributed by atoms with E-state index in [0.29, 0.717) is 5.69 Å². The third-order valence-electron chi connectivity index (χ3n) is 3.63. The van der Waals surface area contributed by atoms with Gasteiger partial charge in [0.25, 0.3) is 10.0 Å².